The maximum atomic E-state index is 10.1. The quantitative estimate of drug-likeness (QED) is 0.0548. The molecule has 0 spiro atoms. The van der Waals surface area contributed by atoms with Crippen LogP contribution >= 0.6 is 0 Å². The topological polar surface area (TPSA) is 9.23 Å². The van der Waals surface area contributed by atoms with Gasteiger partial charge in [-0.25, -0.2) is 0 Å². The molecular formula is C94H86O. The molecule has 2 aliphatic carbocycles. The van der Waals surface area contributed by atoms with E-state index in [1.165, 1.54) is 66.8 Å². The van der Waals surface area contributed by atoms with E-state index in [1.54, 1.807) is 0 Å². The van der Waals surface area contributed by atoms with Gasteiger partial charge < -0.3 is 4.74 Å². The Morgan fingerprint density at radius 2 is 0.389 bits per heavy atom. The molecule has 12 aromatic rings. The molecule has 0 saturated carbocycles. The molecule has 6 unspecified atom stereocenters. The van der Waals surface area contributed by atoms with Gasteiger partial charge in [-0.15, -0.1) is 0 Å². The molecule has 1 nitrogen and oxygen atoms in total. The van der Waals surface area contributed by atoms with Crippen LogP contribution in [0.4, 0.5) is 0 Å². The van der Waals surface area contributed by atoms with Crippen molar-refractivity contribution in [2.24, 2.45) is 22.7 Å². The molecule has 12 aromatic carbocycles. The van der Waals surface area contributed by atoms with Crippen LogP contribution in [-0.4, -0.2) is 11.2 Å². The second-order valence-corrected chi connectivity index (χ2v) is 27.3. The van der Waals surface area contributed by atoms with Crippen molar-refractivity contribution < 1.29 is 4.74 Å². The Balaban J connectivity index is 1.20. The molecule has 14 rings (SSSR count). The van der Waals surface area contributed by atoms with Gasteiger partial charge in [0.05, 0.1) is 0 Å². The molecule has 0 saturated heterocycles. The SMILES string of the molecule is C1=CC(Cc2ccccc2)(OC2(Cc3ccccc3)C=CC(Cc3ccccc3)C(Cc3ccccc3)(Cc3ccccc3)C2(Cc2ccccc2)c2ccccc2)C(Cc2ccccc2)(c2ccccc2)C(Cc2ccccc2)(Cc2ccccc2)C1Cc1ccccc1. The number of allylic oxidation sites excluding steroid dienone is 2. The molecule has 2 aliphatic rings. The highest BCUT2D eigenvalue weighted by molar-refractivity contribution is 5.53. The third-order valence-corrected chi connectivity index (χ3v) is 21.9. The van der Waals surface area contributed by atoms with Gasteiger partial charge >= 0.3 is 0 Å². The van der Waals surface area contributed by atoms with Crippen LogP contribution in [0.2, 0.25) is 0 Å². The summed E-state index contributed by atoms with van der Waals surface area (Å²) in [6, 6.07) is 138. The van der Waals surface area contributed by atoms with Crippen LogP contribution < -0.4 is 0 Å². The minimum absolute atomic E-state index is 0.00223. The third kappa shape index (κ3) is 12.6. The van der Waals surface area contributed by atoms with Crippen molar-refractivity contribution in [2.75, 3.05) is 0 Å². The molecule has 0 heterocycles. The van der Waals surface area contributed by atoms with E-state index in [9.17, 15) is 4.74 Å². The van der Waals surface area contributed by atoms with E-state index in [4.69, 9.17) is 0 Å². The van der Waals surface area contributed by atoms with Gasteiger partial charge in [-0.1, -0.05) is 388 Å². The van der Waals surface area contributed by atoms with Crippen LogP contribution in [0.5, 0.6) is 0 Å². The zero-order valence-corrected chi connectivity index (χ0v) is 54.6. The van der Waals surface area contributed by atoms with E-state index in [2.05, 4.69) is 388 Å². The normalized spacial score (nSPS) is 21.8. The Hall–Kier alpha value is -9.92. The number of ether oxygens (including phenoxy) is 1. The first kappa shape index (κ1) is 62.5. The summed E-state index contributed by atoms with van der Waals surface area (Å²) in [5.41, 5.74) is 10.2. The van der Waals surface area contributed by atoms with Crippen LogP contribution in [0.1, 0.15) is 66.8 Å². The van der Waals surface area contributed by atoms with Gasteiger partial charge in [0.2, 0.25) is 0 Å². The van der Waals surface area contributed by atoms with Crippen LogP contribution in [0.15, 0.2) is 388 Å². The summed E-state index contributed by atoms with van der Waals surface area (Å²) in [6.07, 6.45) is 18.0. The minimum Gasteiger partial charge on any atom is -0.358 e. The molecule has 0 aromatic heterocycles. The zero-order chi connectivity index (χ0) is 64.1. The summed E-state index contributed by atoms with van der Waals surface area (Å²) in [5.74, 6) is 0.00445. The van der Waals surface area contributed by atoms with Crippen molar-refractivity contribution in [3.05, 3.63) is 455 Å². The molecule has 468 valence electrons. The van der Waals surface area contributed by atoms with Gasteiger partial charge in [0.25, 0.3) is 0 Å². The molecule has 0 N–H and O–H groups in total. The van der Waals surface area contributed by atoms with Gasteiger partial charge in [-0.3, -0.25) is 0 Å². The predicted molar refractivity (Wildman–Crippen MR) is 394 cm³/mol. The zero-order valence-electron chi connectivity index (χ0n) is 54.6. The predicted octanol–water partition coefficient (Wildman–Crippen LogP) is 21.1. The highest BCUT2D eigenvalue weighted by Gasteiger charge is 2.73. The molecule has 0 radical (unpaired) electrons. The highest BCUT2D eigenvalue weighted by atomic mass is 16.5. The Morgan fingerprint density at radius 1 is 0.200 bits per heavy atom. The molecule has 95 heavy (non-hydrogen) atoms. The maximum absolute atomic E-state index is 10.1. The fourth-order valence-corrected chi connectivity index (χ4v) is 18.1. The minimum atomic E-state index is -1.14. The number of hydrogen-bond donors (Lipinski definition) is 0. The maximum Gasteiger partial charge on any atom is 0.102 e. The van der Waals surface area contributed by atoms with E-state index in [0.29, 0.717) is 25.7 Å². The Kier molecular flexibility index (Phi) is 18.7. The lowest BCUT2D eigenvalue weighted by Crippen LogP contribution is -2.75. The number of rotatable bonds is 24. The number of benzene rings is 12. The average Bonchev–Trinajstić information content (AvgIpc) is 0.667. The Labute approximate surface area is 565 Å². The van der Waals surface area contributed by atoms with E-state index >= 15 is 0 Å². The lowest BCUT2D eigenvalue weighted by Gasteiger charge is -2.70. The monoisotopic (exact) mass is 1230 g/mol. The number of hydrogen-bond acceptors (Lipinski definition) is 1. The van der Waals surface area contributed by atoms with Crippen molar-refractivity contribution in [3.8, 4) is 0 Å². The first-order valence-electron chi connectivity index (χ1n) is 34.5. The van der Waals surface area contributed by atoms with Crippen molar-refractivity contribution in [2.45, 2.75) is 86.2 Å². The van der Waals surface area contributed by atoms with Crippen molar-refractivity contribution in [1.29, 1.82) is 0 Å². The van der Waals surface area contributed by atoms with E-state index in [0.717, 1.165) is 38.5 Å². The van der Waals surface area contributed by atoms with Gasteiger partial charge in [0.15, 0.2) is 0 Å². The van der Waals surface area contributed by atoms with E-state index in [-0.39, 0.29) is 11.8 Å². The molecule has 0 fully saturated rings. The summed E-state index contributed by atoms with van der Waals surface area (Å²) in [4.78, 5) is 0. The first-order chi connectivity index (χ1) is 46.9. The van der Waals surface area contributed by atoms with Gasteiger partial charge in [0.1, 0.15) is 11.2 Å². The molecule has 6 atom stereocenters. The van der Waals surface area contributed by atoms with Gasteiger partial charge in [-0.05, 0) is 141 Å². The summed E-state index contributed by atoms with van der Waals surface area (Å²) in [6.45, 7) is 0. The average molecular weight is 1230 g/mol. The van der Waals surface area contributed by atoms with Crippen LogP contribution in [-0.2, 0) is 79.8 Å². The third-order valence-electron chi connectivity index (χ3n) is 21.9. The van der Waals surface area contributed by atoms with Crippen LogP contribution in [0, 0.1) is 22.7 Å². The van der Waals surface area contributed by atoms with Crippen LogP contribution in [0.25, 0.3) is 0 Å². The van der Waals surface area contributed by atoms with Crippen molar-refractivity contribution in [3.63, 3.8) is 0 Å². The van der Waals surface area contributed by atoms with Crippen LogP contribution in [0.3, 0.4) is 0 Å². The lowest BCUT2D eigenvalue weighted by molar-refractivity contribution is -0.236. The van der Waals surface area contributed by atoms with E-state index < -0.39 is 32.9 Å². The smallest absolute Gasteiger partial charge is 0.102 e. The fourth-order valence-electron chi connectivity index (χ4n) is 18.1. The van der Waals surface area contributed by atoms with Gasteiger partial charge in [-0.2, -0.15) is 0 Å². The molecule has 0 bridgehead atoms. The lowest BCUT2D eigenvalue weighted by atomic mass is 9.39. The molecular weight excluding hydrogens is 1150 g/mol. The van der Waals surface area contributed by atoms with Crippen molar-refractivity contribution in [1.82, 2.24) is 0 Å². The molecule has 0 aliphatic heterocycles. The largest absolute Gasteiger partial charge is 0.358 e. The second kappa shape index (κ2) is 28.3. The summed E-state index contributed by atoms with van der Waals surface area (Å²) < 4.78 is 10.1. The highest BCUT2D eigenvalue weighted by Crippen LogP contribution is 2.69. The molecule has 0 amide bonds. The van der Waals surface area contributed by atoms with Gasteiger partial charge in [0, 0.05) is 23.7 Å². The summed E-state index contributed by atoms with van der Waals surface area (Å²) in [7, 11) is 0. The summed E-state index contributed by atoms with van der Waals surface area (Å²) >= 11 is 0. The Morgan fingerprint density at radius 3 is 0.621 bits per heavy atom. The van der Waals surface area contributed by atoms with Crippen molar-refractivity contribution >= 4 is 0 Å². The fraction of sp³-hybridized carbons (Fsp3) is 0.191. The Bertz CT molecular complexity index is 3990. The molecule has 1 heteroatoms. The van der Waals surface area contributed by atoms with E-state index in [1.807, 2.05) is 0 Å². The standard InChI is InChI=1S/C94H86O/c1-13-37-75(38-14-1)65-87-61-63-91(71-81-49-25-7-26-50-81,93(85-57-33-11-34-58-85,73-83-53-29-9-30-54-83)89(87,67-77-41-17-3-18-42-77)68-78-43-19-4-20-44-78)95-92(72-82-51-27-8-28-52-82)64-62-88(66-76-39-15-2-16-40-76)90(69-79-45-21-5-22-46-79,70-80-47-23-6-24-48-80)94(92,86-59-35-12-36-60-86)74-84-55-31-10-32-56-84/h1-64,87-88H,65-74H2. The first-order valence-corrected chi connectivity index (χ1v) is 34.5. The second-order valence-electron chi connectivity index (χ2n) is 27.3. The summed E-state index contributed by atoms with van der Waals surface area (Å²) in [5, 5.41) is 0.